The summed E-state index contributed by atoms with van der Waals surface area (Å²) in [5.74, 6) is 1.68. The number of hydroxylamine groups is 4. The molecule has 4 heteroatoms. The predicted molar refractivity (Wildman–Crippen MR) is 132 cm³/mol. The molecule has 6 unspecified atom stereocenters. The number of hydrogen-bond acceptors (Lipinski definition) is 4. The molecule has 2 saturated heterocycles. The molecule has 6 fully saturated rings. The Morgan fingerprint density at radius 2 is 1.39 bits per heavy atom. The fraction of sp³-hybridized carbons (Fsp3) is 1.00. The molecule has 0 amide bonds. The minimum atomic E-state index is 0.350. The average molecular weight is 459 g/mol. The molecule has 0 aromatic rings. The van der Waals surface area contributed by atoms with Crippen molar-refractivity contribution in [3.63, 3.8) is 0 Å². The van der Waals surface area contributed by atoms with E-state index in [1.165, 1.54) is 109 Å². The number of rotatable bonds is 4. The standard InChI is InChI=1S/C29H50N2O2/c1-28(2,21-14-16-26-25(18-21)31(32-26)24-12-8-5-9-13-24)22-15-17-27-29(3,19-22)20-30(33-27)23-10-6-4-7-11-23/h21-27H,4-20H2,1-3H3. The van der Waals surface area contributed by atoms with Gasteiger partial charge in [-0.25, -0.2) is 0 Å². The molecule has 0 N–H and O–H groups in total. The summed E-state index contributed by atoms with van der Waals surface area (Å²) in [5.41, 5.74) is 0.771. The van der Waals surface area contributed by atoms with Crippen molar-refractivity contribution in [2.75, 3.05) is 6.54 Å². The van der Waals surface area contributed by atoms with Crippen molar-refractivity contribution in [1.82, 2.24) is 10.1 Å². The summed E-state index contributed by atoms with van der Waals surface area (Å²) in [6, 6.07) is 2.10. The zero-order valence-electron chi connectivity index (χ0n) is 21.8. The molecule has 33 heavy (non-hydrogen) atoms. The van der Waals surface area contributed by atoms with Gasteiger partial charge in [-0.2, -0.15) is 10.1 Å². The van der Waals surface area contributed by atoms with Crippen LogP contribution in [0.25, 0.3) is 0 Å². The molecule has 0 bridgehead atoms. The van der Waals surface area contributed by atoms with Crippen molar-refractivity contribution >= 4 is 0 Å². The van der Waals surface area contributed by atoms with Gasteiger partial charge < -0.3 is 0 Å². The maximum Gasteiger partial charge on any atom is 0.0971 e. The van der Waals surface area contributed by atoms with Crippen molar-refractivity contribution in [2.45, 2.75) is 154 Å². The zero-order chi connectivity index (χ0) is 22.6. The Morgan fingerprint density at radius 1 is 0.727 bits per heavy atom. The van der Waals surface area contributed by atoms with Crippen molar-refractivity contribution in [3.05, 3.63) is 0 Å². The van der Waals surface area contributed by atoms with E-state index in [-0.39, 0.29) is 0 Å². The van der Waals surface area contributed by atoms with E-state index < -0.39 is 0 Å². The summed E-state index contributed by atoms with van der Waals surface area (Å²) in [6.45, 7) is 8.99. The lowest BCUT2D eigenvalue weighted by atomic mass is 9.55. The van der Waals surface area contributed by atoms with Gasteiger partial charge in [-0.1, -0.05) is 59.3 Å². The Labute approximate surface area is 203 Å². The fourth-order valence-corrected chi connectivity index (χ4v) is 9.00. The Bertz CT molecular complexity index is 685. The van der Waals surface area contributed by atoms with Crippen LogP contribution in [0, 0.1) is 22.7 Å². The first-order valence-corrected chi connectivity index (χ1v) is 14.8. The van der Waals surface area contributed by atoms with Crippen LogP contribution < -0.4 is 0 Å². The molecular formula is C29H50N2O2. The van der Waals surface area contributed by atoms with E-state index in [1.54, 1.807) is 0 Å². The highest BCUT2D eigenvalue weighted by Gasteiger charge is 2.55. The third kappa shape index (κ3) is 4.23. The maximum absolute atomic E-state index is 6.65. The van der Waals surface area contributed by atoms with Gasteiger partial charge in [0.15, 0.2) is 0 Å². The molecule has 0 aromatic heterocycles. The highest BCUT2D eigenvalue weighted by Crippen LogP contribution is 2.56. The summed E-state index contributed by atoms with van der Waals surface area (Å²) >= 11 is 0. The number of nitrogens with zero attached hydrogens (tertiary/aromatic N) is 2. The van der Waals surface area contributed by atoms with Crippen LogP contribution in [-0.2, 0) is 9.68 Å². The smallest absolute Gasteiger partial charge is 0.0971 e. The van der Waals surface area contributed by atoms with Crippen LogP contribution in [-0.4, -0.2) is 47.0 Å². The second-order valence-corrected chi connectivity index (χ2v) is 13.8. The third-order valence-electron chi connectivity index (χ3n) is 11.4. The maximum atomic E-state index is 6.65. The highest BCUT2D eigenvalue weighted by molar-refractivity contribution is 5.03. The largest absolute Gasteiger partial charge is 0.295 e. The van der Waals surface area contributed by atoms with Gasteiger partial charge in [-0.05, 0) is 81.5 Å². The van der Waals surface area contributed by atoms with Gasteiger partial charge in [0, 0.05) is 24.0 Å². The summed E-state index contributed by atoms with van der Waals surface area (Å²) < 4.78 is 0. The molecule has 0 spiro atoms. The van der Waals surface area contributed by atoms with Crippen LogP contribution in [0.4, 0.5) is 0 Å². The van der Waals surface area contributed by atoms with E-state index in [0.29, 0.717) is 41.2 Å². The first-order valence-electron chi connectivity index (χ1n) is 14.8. The van der Waals surface area contributed by atoms with Crippen molar-refractivity contribution in [3.8, 4) is 0 Å². The van der Waals surface area contributed by atoms with Gasteiger partial charge in [0.05, 0.1) is 18.2 Å². The summed E-state index contributed by atoms with van der Waals surface area (Å²) in [5, 5.41) is 4.94. The predicted octanol–water partition coefficient (Wildman–Crippen LogP) is 6.88. The van der Waals surface area contributed by atoms with E-state index in [9.17, 15) is 0 Å². The van der Waals surface area contributed by atoms with Crippen LogP contribution in [0.1, 0.15) is 124 Å². The minimum Gasteiger partial charge on any atom is -0.295 e. The monoisotopic (exact) mass is 458 g/mol. The lowest BCUT2D eigenvalue weighted by Gasteiger charge is -2.58. The van der Waals surface area contributed by atoms with Gasteiger partial charge >= 0.3 is 0 Å². The van der Waals surface area contributed by atoms with E-state index >= 15 is 0 Å². The molecule has 4 saturated carbocycles. The normalized spacial score (nSPS) is 44.3. The molecule has 6 atom stereocenters. The molecule has 0 aromatic carbocycles. The van der Waals surface area contributed by atoms with Crippen LogP contribution >= 0.6 is 0 Å². The zero-order valence-corrected chi connectivity index (χ0v) is 21.8. The van der Waals surface area contributed by atoms with Gasteiger partial charge in [0.25, 0.3) is 0 Å². The topological polar surface area (TPSA) is 24.9 Å². The Kier molecular flexibility index (Phi) is 6.38. The first kappa shape index (κ1) is 23.3. The van der Waals surface area contributed by atoms with Crippen LogP contribution in [0.2, 0.25) is 0 Å². The molecule has 6 rings (SSSR count). The van der Waals surface area contributed by atoms with Crippen molar-refractivity contribution < 1.29 is 9.68 Å². The second kappa shape index (κ2) is 9.05. The van der Waals surface area contributed by atoms with E-state index in [2.05, 4.69) is 30.9 Å². The molecular weight excluding hydrogens is 408 g/mol. The van der Waals surface area contributed by atoms with E-state index in [1.807, 2.05) is 0 Å². The van der Waals surface area contributed by atoms with Crippen molar-refractivity contribution in [1.29, 1.82) is 0 Å². The molecule has 2 heterocycles. The number of hydrogen-bond donors (Lipinski definition) is 0. The molecule has 6 aliphatic rings. The van der Waals surface area contributed by atoms with E-state index in [4.69, 9.17) is 9.68 Å². The summed E-state index contributed by atoms with van der Waals surface area (Å²) in [4.78, 5) is 13.0. The molecule has 4 aliphatic carbocycles. The van der Waals surface area contributed by atoms with Crippen LogP contribution in [0.15, 0.2) is 0 Å². The van der Waals surface area contributed by atoms with Gasteiger partial charge in [0.1, 0.15) is 0 Å². The summed E-state index contributed by atoms with van der Waals surface area (Å²) in [6.07, 6.45) is 22.9. The van der Waals surface area contributed by atoms with Gasteiger partial charge in [0.2, 0.25) is 0 Å². The molecule has 188 valence electrons. The Balaban J connectivity index is 1.10. The summed E-state index contributed by atoms with van der Waals surface area (Å²) in [7, 11) is 0. The lowest BCUT2D eigenvalue weighted by Crippen LogP contribution is -2.64. The Morgan fingerprint density at radius 3 is 2.12 bits per heavy atom. The van der Waals surface area contributed by atoms with Gasteiger partial charge in [-0.3, -0.25) is 9.68 Å². The molecule has 2 aliphatic heterocycles. The Hall–Kier alpha value is -0.160. The first-order chi connectivity index (χ1) is 15.9. The van der Waals surface area contributed by atoms with Crippen LogP contribution in [0.3, 0.4) is 0 Å². The van der Waals surface area contributed by atoms with Gasteiger partial charge in [-0.15, -0.1) is 0 Å². The fourth-order valence-electron chi connectivity index (χ4n) is 9.00. The quantitative estimate of drug-likeness (QED) is 0.458. The van der Waals surface area contributed by atoms with E-state index in [0.717, 1.165) is 11.8 Å². The molecule has 0 radical (unpaired) electrons. The third-order valence-corrected chi connectivity index (χ3v) is 11.4. The number of fused-ring (bicyclic) bond motifs is 2. The average Bonchev–Trinajstić information content (AvgIpc) is 3.17. The highest BCUT2D eigenvalue weighted by atomic mass is 16.7. The van der Waals surface area contributed by atoms with Crippen molar-refractivity contribution in [2.24, 2.45) is 22.7 Å². The molecule has 4 nitrogen and oxygen atoms in total. The lowest BCUT2D eigenvalue weighted by molar-refractivity contribution is -0.372. The second-order valence-electron chi connectivity index (χ2n) is 13.8. The minimum absolute atomic E-state index is 0.350. The van der Waals surface area contributed by atoms with Crippen LogP contribution in [0.5, 0.6) is 0 Å². The SMILES string of the molecule is CC12CC(C(C)(C)C3CCC4ON(C5CCCCC5)C4C3)CCC1ON(C1CCCCC1)C2.